The summed E-state index contributed by atoms with van der Waals surface area (Å²) in [6, 6.07) is 14.6. The third kappa shape index (κ3) is 5.83. The molecule has 0 radical (unpaired) electrons. The smallest absolute Gasteiger partial charge is 0.329 e. The Bertz CT molecular complexity index is 1110. The van der Waals surface area contributed by atoms with Gasteiger partial charge in [0, 0.05) is 37.2 Å². The van der Waals surface area contributed by atoms with E-state index in [1.807, 2.05) is 36.4 Å². The van der Waals surface area contributed by atoms with Crippen LogP contribution in [0.3, 0.4) is 0 Å². The molecule has 0 amide bonds. The van der Waals surface area contributed by atoms with Crippen LogP contribution in [-0.2, 0) is 14.3 Å². The predicted molar refractivity (Wildman–Crippen MR) is 136 cm³/mol. The quantitative estimate of drug-likeness (QED) is 0.423. The third-order valence-electron chi connectivity index (χ3n) is 7.11. The Balaban J connectivity index is 1.65. The summed E-state index contributed by atoms with van der Waals surface area (Å²) in [5, 5.41) is 24.2. The van der Waals surface area contributed by atoms with Crippen LogP contribution in [0.4, 0.5) is 10.1 Å². The van der Waals surface area contributed by atoms with Crippen LogP contribution in [0.15, 0.2) is 65.4 Å². The van der Waals surface area contributed by atoms with Gasteiger partial charge in [-0.05, 0) is 37.7 Å². The molecule has 0 aromatic heterocycles. The maximum Gasteiger partial charge on any atom is 0.329 e. The van der Waals surface area contributed by atoms with E-state index < -0.39 is 17.5 Å². The Kier molecular flexibility index (Phi) is 8.51. The molecule has 0 saturated heterocycles. The molecule has 1 atom stereocenters. The molecule has 0 bridgehead atoms. The van der Waals surface area contributed by atoms with E-state index in [1.54, 1.807) is 19.2 Å². The number of methoxy groups -OCH3 is 1. The van der Waals surface area contributed by atoms with Crippen LogP contribution in [-0.4, -0.2) is 55.4 Å². The van der Waals surface area contributed by atoms with E-state index in [-0.39, 0.29) is 17.1 Å². The molecule has 1 saturated carbocycles. The van der Waals surface area contributed by atoms with Gasteiger partial charge >= 0.3 is 5.97 Å². The SMILES string of the molecule is COCCC1=CC(c2ccccc2)=N[N+]1(C[C@H]1CC[C@H](COCC(=O)O)CC1)c1cccc(O)c1F. The Morgan fingerprint density at radius 2 is 1.81 bits per heavy atom. The van der Waals surface area contributed by atoms with Crippen molar-refractivity contribution in [2.24, 2.45) is 16.9 Å². The summed E-state index contributed by atoms with van der Waals surface area (Å²) in [4.78, 5) is 10.7. The number of aromatic hydroxyl groups is 1. The number of carboxylic acids is 1. The lowest BCUT2D eigenvalue weighted by molar-refractivity contribution is -0.142. The standard InChI is InChI=1S/C28H33FN2O5/c1-35-15-14-23-16-24(22-6-3-2-4-7-22)30-31(23,25-8-5-9-26(32)28(25)29)17-20-10-12-21(13-11-20)18-36-19-27(33)34/h2-9,16,20-21H,10-15,17-19H2,1H3,(H-,32,33,34)/p+1/t20-,21-,31?. The second-order valence-corrected chi connectivity index (χ2v) is 9.59. The first-order valence-corrected chi connectivity index (χ1v) is 12.4. The minimum Gasteiger partial charge on any atom is -0.505 e. The molecular formula is C28H34FN2O5+. The largest absolute Gasteiger partial charge is 0.505 e. The number of hydrogen-bond acceptors (Lipinski definition) is 5. The zero-order valence-electron chi connectivity index (χ0n) is 20.6. The molecule has 1 aliphatic carbocycles. The molecule has 7 nitrogen and oxygen atoms in total. The average Bonchev–Trinajstić information content (AvgIpc) is 3.24. The number of hydrogen-bond donors (Lipinski definition) is 2. The molecule has 2 aliphatic rings. The van der Waals surface area contributed by atoms with Gasteiger partial charge in [-0.25, -0.2) is 4.79 Å². The maximum atomic E-state index is 15.5. The van der Waals surface area contributed by atoms with Gasteiger partial charge in [-0.3, -0.25) is 0 Å². The van der Waals surface area contributed by atoms with Crippen LogP contribution in [0, 0.1) is 17.7 Å². The first kappa shape index (κ1) is 26.0. The van der Waals surface area contributed by atoms with Gasteiger partial charge in [0.25, 0.3) is 0 Å². The van der Waals surface area contributed by atoms with Crippen LogP contribution in [0.2, 0.25) is 0 Å². The van der Waals surface area contributed by atoms with Crippen LogP contribution >= 0.6 is 0 Å². The van der Waals surface area contributed by atoms with E-state index >= 15 is 4.39 Å². The molecule has 2 aromatic carbocycles. The number of allylic oxidation sites excluding steroid dienone is 1. The van der Waals surface area contributed by atoms with E-state index in [1.165, 1.54) is 6.07 Å². The van der Waals surface area contributed by atoms with E-state index in [2.05, 4.69) is 0 Å². The van der Waals surface area contributed by atoms with Gasteiger partial charge in [0.1, 0.15) is 24.6 Å². The fourth-order valence-electron chi connectivity index (χ4n) is 5.28. The minimum atomic E-state index is -0.959. The number of phenolic OH excluding ortho intramolecular Hbond substituents is 1. The van der Waals surface area contributed by atoms with Crippen molar-refractivity contribution in [3.05, 3.63) is 71.7 Å². The van der Waals surface area contributed by atoms with Crippen molar-refractivity contribution >= 4 is 17.4 Å². The van der Waals surface area contributed by atoms with Crippen LogP contribution in [0.25, 0.3) is 0 Å². The summed E-state index contributed by atoms with van der Waals surface area (Å²) in [5.74, 6) is -1.42. The summed E-state index contributed by atoms with van der Waals surface area (Å²) in [6.45, 7) is 1.20. The highest BCUT2D eigenvalue weighted by Crippen LogP contribution is 2.43. The summed E-state index contributed by atoms with van der Waals surface area (Å²) in [6.07, 6.45) is 6.26. The fourth-order valence-corrected chi connectivity index (χ4v) is 5.28. The zero-order chi connectivity index (χ0) is 25.5. The normalized spacial score (nSPS) is 23.8. The van der Waals surface area contributed by atoms with Crippen molar-refractivity contribution < 1.29 is 28.9 Å². The molecule has 0 spiro atoms. The number of rotatable bonds is 11. The van der Waals surface area contributed by atoms with Crippen LogP contribution in [0.5, 0.6) is 5.75 Å². The molecule has 1 aliphatic heterocycles. The van der Waals surface area contributed by atoms with E-state index in [4.69, 9.17) is 19.7 Å². The lowest BCUT2D eigenvalue weighted by Crippen LogP contribution is -2.46. The van der Waals surface area contributed by atoms with Gasteiger partial charge in [0.05, 0.1) is 13.2 Å². The van der Waals surface area contributed by atoms with Gasteiger partial charge in [-0.2, -0.15) is 4.39 Å². The number of halogens is 1. The Labute approximate surface area is 211 Å². The van der Waals surface area contributed by atoms with Crippen molar-refractivity contribution in [3.63, 3.8) is 0 Å². The highest BCUT2D eigenvalue weighted by Gasteiger charge is 2.46. The molecule has 2 N–H and O–H groups in total. The predicted octanol–water partition coefficient (Wildman–Crippen LogP) is 5.08. The number of benzene rings is 2. The minimum absolute atomic E-state index is 0.0291. The lowest BCUT2D eigenvalue weighted by atomic mass is 9.82. The topological polar surface area (TPSA) is 88.4 Å². The molecular weight excluding hydrogens is 463 g/mol. The molecule has 1 heterocycles. The van der Waals surface area contributed by atoms with Gasteiger partial charge in [0.2, 0.25) is 11.5 Å². The number of aliphatic carboxylic acids is 1. The molecule has 8 heteroatoms. The molecule has 1 fully saturated rings. The first-order chi connectivity index (χ1) is 17.4. The Hall–Kier alpha value is -3.07. The van der Waals surface area contributed by atoms with Gasteiger partial charge in [0.15, 0.2) is 5.75 Å². The first-order valence-electron chi connectivity index (χ1n) is 12.4. The summed E-state index contributed by atoms with van der Waals surface area (Å²) in [7, 11) is 1.64. The number of carbonyl (C=O) groups is 1. The van der Waals surface area contributed by atoms with Crippen molar-refractivity contribution in [2.75, 3.05) is 33.5 Å². The van der Waals surface area contributed by atoms with Gasteiger partial charge < -0.3 is 19.7 Å². The lowest BCUT2D eigenvalue weighted by Gasteiger charge is -2.36. The zero-order valence-corrected chi connectivity index (χ0v) is 20.6. The maximum absolute atomic E-state index is 15.5. The fraction of sp³-hybridized carbons (Fsp3) is 0.429. The average molecular weight is 498 g/mol. The molecule has 36 heavy (non-hydrogen) atoms. The summed E-state index contributed by atoms with van der Waals surface area (Å²) in [5.41, 5.74) is 2.98. The third-order valence-corrected chi connectivity index (χ3v) is 7.11. The van der Waals surface area contributed by atoms with Crippen LogP contribution in [0.1, 0.15) is 37.7 Å². The molecule has 1 unspecified atom stereocenters. The molecule has 2 aromatic rings. The van der Waals surface area contributed by atoms with Gasteiger partial charge in [-0.15, -0.1) is 4.59 Å². The number of quaternary nitrogens is 1. The monoisotopic (exact) mass is 497 g/mol. The van der Waals surface area contributed by atoms with Gasteiger partial charge in [-0.1, -0.05) is 41.5 Å². The van der Waals surface area contributed by atoms with E-state index in [9.17, 15) is 9.90 Å². The van der Waals surface area contributed by atoms with Crippen molar-refractivity contribution in [1.29, 1.82) is 0 Å². The van der Waals surface area contributed by atoms with E-state index in [0.29, 0.717) is 37.8 Å². The molecule has 192 valence electrons. The van der Waals surface area contributed by atoms with E-state index in [0.717, 1.165) is 42.7 Å². The highest BCUT2D eigenvalue weighted by atomic mass is 19.1. The van der Waals surface area contributed by atoms with Crippen molar-refractivity contribution in [1.82, 2.24) is 4.59 Å². The second kappa shape index (κ2) is 11.8. The number of phenols is 1. The van der Waals surface area contributed by atoms with Crippen molar-refractivity contribution in [2.45, 2.75) is 32.1 Å². The Morgan fingerprint density at radius 1 is 1.08 bits per heavy atom. The number of carboxylic acid groups (broad SMARTS) is 1. The Morgan fingerprint density at radius 3 is 2.50 bits per heavy atom. The summed E-state index contributed by atoms with van der Waals surface area (Å²) >= 11 is 0. The highest BCUT2D eigenvalue weighted by molar-refractivity contribution is 6.11. The van der Waals surface area contributed by atoms with Crippen LogP contribution < -0.4 is 4.59 Å². The van der Waals surface area contributed by atoms with Crippen molar-refractivity contribution in [3.8, 4) is 5.75 Å². The second-order valence-electron chi connectivity index (χ2n) is 9.59. The molecule has 4 rings (SSSR count). The summed E-state index contributed by atoms with van der Waals surface area (Å²) < 4.78 is 26.2. The number of ether oxygens (including phenoxy) is 2. The number of nitrogens with zero attached hydrogens (tertiary/aromatic N) is 2.